The topological polar surface area (TPSA) is 104 Å². The first-order valence-corrected chi connectivity index (χ1v) is 13.5. The molecule has 36 heavy (non-hydrogen) atoms. The SMILES string of the molecule is CC(C)C(N)C(=O)N1CCN(c2ccc(Nc3ncc4c(n3)C(C3CCCC3)C(=O)CC4)cc2)CC1. The first-order valence-electron chi connectivity index (χ1n) is 13.5. The van der Waals surface area contributed by atoms with Gasteiger partial charge >= 0.3 is 0 Å². The molecule has 1 saturated heterocycles. The van der Waals surface area contributed by atoms with Crippen molar-refractivity contribution in [1.29, 1.82) is 0 Å². The number of ketones is 1. The normalized spacial score (nSPS) is 21.6. The maximum atomic E-state index is 12.8. The van der Waals surface area contributed by atoms with E-state index in [0.29, 0.717) is 37.2 Å². The van der Waals surface area contributed by atoms with E-state index in [4.69, 9.17) is 10.7 Å². The standard InChI is InChI=1S/C28H38N6O2/c1-18(2)25(29)27(36)34-15-13-33(14-16-34)22-10-8-21(9-11-22)31-28-30-17-20-7-12-23(35)24(26(20)32-28)19-5-3-4-6-19/h8-11,17-19,24-25H,3-7,12-16,29H2,1-2H3,(H,30,31,32). The number of nitrogens with one attached hydrogen (secondary N) is 1. The predicted octanol–water partition coefficient (Wildman–Crippen LogP) is 3.64. The van der Waals surface area contributed by atoms with Crippen LogP contribution in [-0.2, 0) is 16.0 Å². The molecule has 0 bridgehead atoms. The third kappa shape index (κ3) is 5.09. The van der Waals surface area contributed by atoms with Crippen molar-refractivity contribution in [1.82, 2.24) is 14.9 Å². The van der Waals surface area contributed by atoms with Crippen LogP contribution in [-0.4, -0.2) is 58.8 Å². The molecule has 0 spiro atoms. The fraction of sp³-hybridized carbons (Fsp3) is 0.571. The van der Waals surface area contributed by atoms with Crippen LogP contribution in [0.15, 0.2) is 30.5 Å². The summed E-state index contributed by atoms with van der Waals surface area (Å²) in [6, 6.07) is 7.80. The summed E-state index contributed by atoms with van der Waals surface area (Å²) >= 11 is 0. The largest absolute Gasteiger partial charge is 0.368 e. The van der Waals surface area contributed by atoms with E-state index in [1.807, 2.05) is 37.1 Å². The third-order valence-corrected chi connectivity index (χ3v) is 8.13. The van der Waals surface area contributed by atoms with Crippen molar-refractivity contribution in [3.8, 4) is 0 Å². The van der Waals surface area contributed by atoms with Gasteiger partial charge in [0, 0.05) is 50.2 Å². The molecule has 8 heteroatoms. The molecule has 8 nitrogen and oxygen atoms in total. The Bertz CT molecular complexity index is 1090. The van der Waals surface area contributed by atoms with Gasteiger partial charge in [0.2, 0.25) is 11.9 Å². The molecule has 2 fully saturated rings. The van der Waals surface area contributed by atoms with Gasteiger partial charge in [0.1, 0.15) is 5.78 Å². The monoisotopic (exact) mass is 490 g/mol. The number of carbonyl (C=O) groups excluding carboxylic acids is 2. The summed E-state index contributed by atoms with van der Waals surface area (Å²) in [5.41, 5.74) is 10.2. The number of nitrogens with two attached hydrogens (primary N) is 1. The van der Waals surface area contributed by atoms with Gasteiger partial charge in [-0.3, -0.25) is 9.59 Å². The minimum absolute atomic E-state index is 0.0473. The Balaban J connectivity index is 1.22. The molecule has 0 radical (unpaired) electrons. The van der Waals surface area contributed by atoms with Gasteiger partial charge in [-0.1, -0.05) is 26.7 Å². The average molecular weight is 491 g/mol. The molecule has 1 aliphatic heterocycles. The second-order valence-corrected chi connectivity index (χ2v) is 10.8. The zero-order valence-electron chi connectivity index (χ0n) is 21.4. The van der Waals surface area contributed by atoms with Gasteiger partial charge in [-0.25, -0.2) is 9.97 Å². The summed E-state index contributed by atoms with van der Waals surface area (Å²) in [5.74, 6) is 1.44. The van der Waals surface area contributed by atoms with Crippen LogP contribution in [0.2, 0.25) is 0 Å². The molecule has 2 unspecified atom stereocenters. The van der Waals surface area contributed by atoms with E-state index in [9.17, 15) is 9.59 Å². The number of carbonyl (C=O) groups is 2. The lowest BCUT2D eigenvalue weighted by Crippen LogP contribution is -2.54. The molecule has 192 valence electrons. The minimum Gasteiger partial charge on any atom is -0.368 e. The number of aromatic nitrogens is 2. The summed E-state index contributed by atoms with van der Waals surface area (Å²) in [7, 11) is 0. The first-order chi connectivity index (χ1) is 17.4. The van der Waals surface area contributed by atoms with Crippen LogP contribution >= 0.6 is 0 Å². The molecule has 2 atom stereocenters. The Labute approximate surface area is 213 Å². The third-order valence-electron chi connectivity index (χ3n) is 8.13. The molecule has 2 heterocycles. The summed E-state index contributed by atoms with van der Waals surface area (Å²) < 4.78 is 0. The average Bonchev–Trinajstić information content (AvgIpc) is 3.42. The molecule has 3 aliphatic rings. The van der Waals surface area contributed by atoms with Crippen molar-refractivity contribution in [2.45, 2.75) is 64.3 Å². The van der Waals surface area contributed by atoms with Crippen LogP contribution in [0.4, 0.5) is 17.3 Å². The number of piperazine rings is 1. The van der Waals surface area contributed by atoms with Crippen LogP contribution in [0.5, 0.6) is 0 Å². The first kappa shape index (κ1) is 24.7. The van der Waals surface area contributed by atoms with Gasteiger partial charge in [0.15, 0.2) is 0 Å². The number of amides is 1. The molecule has 1 aromatic carbocycles. The fourth-order valence-electron chi connectivity index (χ4n) is 5.85. The van der Waals surface area contributed by atoms with Gasteiger partial charge in [-0.05, 0) is 60.9 Å². The molecule has 1 amide bonds. The lowest BCUT2D eigenvalue weighted by molar-refractivity contribution is -0.133. The molecule has 2 aromatic rings. The molecule has 1 aromatic heterocycles. The number of hydrogen-bond acceptors (Lipinski definition) is 7. The number of Topliss-reactive ketones (excluding diaryl/α,β-unsaturated/α-hetero) is 1. The Morgan fingerprint density at radius 3 is 2.42 bits per heavy atom. The van der Waals surface area contributed by atoms with Gasteiger partial charge in [-0.2, -0.15) is 0 Å². The van der Waals surface area contributed by atoms with Crippen molar-refractivity contribution >= 4 is 29.0 Å². The molecular formula is C28H38N6O2. The van der Waals surface area contributed by atoms with Gasteiger partial charge < -0.3 is 20.9 Å². The van der Waals surface area contributed by atoms with E-state index in [1.54, 1.807) is 0 Å². The fourth-order valence-corrected chi connectivity index (χ4v) is 5.85. The van der Waals surface area contributed by atoms with E-state index in [2.05, 4.69) is 27.3 Å². The van der Waals surface area contributed by atoms with E-state index in [1.165, 1.54) is 12.8 Å². The Hall–Kier alpha value is -3.00. The van der Waals surface area contributed by atoms with E-state index < -0.39 is 6.04 Å². The highest BCUT2D eigenvalue weighted by atomic mass is 16.2. The Morgan fingerprint density at radius 1 is 1.06 bits per heavy atom. The molecular weight excluding hydrogens is 452 g/mol. The summed E-state index contributed by atoms with van der Waals surface area (Å²) in [5, 5.41) is 3.34. The lowest BCUT2D eigenvalue weighted by Gasteiger charge is -2.37. The van der Waals surface area contributed by atoms with Gasteiger partial charge in [0.25, 0.3) is 0 Å². The quantitative estimate of drug-likeness (QED) is 0.637. The van der Waals surface area contributed by atoms with Crippen molar-refractivity contribution in [2.24, 2.45) is 17.6 Å². The van der Waals surface area contributed by atoms with Crippen molar-refractivity contribution in [3.63, 3.8) is 0 Å². The van der Waals surface area contributed by atoms with Gasteiger partial charge in [0.05, 0.1) is 17.7 Å². The lowest BCUT2D eigenvalue weighted by atomic mass is 9.77. The summed E-state index contributed by atoms with van der Waals surface area (Å²) in [6.07, 6.45) is 7.92. The number of anilines is 3. The molecule has 1 saturated carbocycles. The van der Waals surface area contributed by atoms with Crippen LogP contribution in [0, 0.1) is 11.8 Å². The number of fused-ring (bicyclic) bond motifs is 1. The number of benzene rings is 1. The maximum absolute atomic E-state index is 12.8. The molecule has 2 aliphatic carbocycles. The van der Waals surface area contributed by atoms with Crippen molar-refractivity contribution < 1.29 is 9.59 Å². The zero-order chi connectivity index (χ0) is 25.2. The van der Waals surface area contributed by atoms with E-state index >= 15 is 0 Å². The number of rotatable bonds is 6. The Morgan fingerprint density at radius 2 is 1.75 bits per heavy atom. The van der Waals surface area contributed by atoms with E-state index in [0.717, 1.165) is 55.0 Å². The number of aryl methyl sites for hydroxylation is 1. The maximum Gasteiger partial charge on any atom is 0.239 e. The van der Waals surface area contributed by atoms with E-state index in [-0.39, 0.29) is 17.7 Å². The second kappa shape index (κ2) is 10.5. The predicted molar refractivity (Wildman–Crippen MR) is 141 cm³/mol. The molecule has 3 N–H and O–H groups in total. The van der Waals surface area contributed by atoms with Crippen LogP contribution < -0.4 is 16.0 Å². The molecule has 5 rings (SSSR count). The Kier molecular flexibility index (Phi) is 7.23. The number of nitrogens with zero attached hydrogens (tertiary/aromatic N) is 4. The summed E-state index contributed by atoms with van der Waals surface area (Å²) in [6.45, 7) is 6.90. The summed E-state index contributed by atoms with van der Waals surface area (Å²) in [4.78, 5) is 38.9. The second-order valence-electron chi connectivity index (χ2n) is 10.8. The zero-order valence-corrected chi connectivity index (χ0v) is 21.4. The highest BCUT2D eigenvalue weighted by Crippen LogP contribution is 2.41. The van der Waals surface area contributed by atoms with Crippen LogP contribution in [0.25, 0.3) is 0 Å². The van der Waals surface area contributed by atoms with Crippen LogP contribution in [0.1, 0.15) is 63.1 Å². The van der Waals surface area contributed by atoms with Crippen molar-refractivity contribution in [3.05, 3.63) is 41.7 Å². The number of hydrogen-bond donors (Lipinski definition) is 2. The minimum atomic E-state index is -0.431. The van der Waals surface area contributed by atoms with Crippen molar-refractivity contribution in [2.75, 3.05) is 36.4 Å². The van der Waals surface area contributed by atoms with Gasteiger partial charge in [-0.15, -0.1) is 0 Å². The van der Waals surface area contributed by atoms with Crippen LogP contribution in [0.3, 0.4) is 0 Å². The smallest absolute Gasteiger partial charge is 0.239 e. The highest BCUT2D eigenvalue weighted by Gasteiger charge is 2.37. The highest BCUT2D eigenvalue weighted by molar-refractivity contribution is 5.88.